The molecule has 0 saturated carbocycles. The molecule has 1 aliphatic rings. The average molecular weight is 321 g/mol. The van der Waals surface area contributed by atoms with Crippen LogP contribution in [-0.2, 0) is 4.79 Å². The van der Waals surface area contributed by atoms with Crippen molar-refractivity contribution in [1.29, 1.82) is 0 Å². The summed E-state index contributed by atoms with van der Waals surface area (Å²) in [4.78, 5) is 23.8. The number of non-ortho nitro benzene ring substituents is 1. The van der Waals surface area contributed by atoms with E-state index in [0.29, 0.717) is 11.3 Å². The highest BCUT2D eigenvalue weighted by molar-refractivity contribution is 6.37. The highest BCUT2D eigenvalue weighted by Crippen LogP contribution is 2.42. The molecule has 1 fully saturated rings. The molecule has 0 radical (unpaired) electrons. The standard InChI is InChI=1S/C15H10ClFN2O3/c16-13-14(9-4-6-10(17)7-5-9)18(15(13)20)11-2-1-3-12(8-11)19(21)22/h1-8,13-14H/t13-,14-/m0/s1. The Labute approximate surface area is 130 Å². The lowest BCUT2D eigenvalue weighted by Gasteiger charge is -2.44. The van der Waals surface area contributed by atoms with Crippen molar-refractivity contribution < 1.29 is 14.1 Å². The second-order valence-electron chi connectivity index (χ2n) is 4.88. The van der Waals surface area contributed by atoms with Gasteiger partial charge in [-0.25, -0.2) is 4.39 Å². The maximum atomic E-state index is 13.0. The maximum absolute atomic E-state index is 13.0. The van der Waals surface area contributed by atoms with Crippen LogP contribution in [0.2, 0.25) is 0 Å². The molecule has 1 saturated heterocycles. The zero-order chi connectivity index (χ0) is 15.9. The Morgan fingerprint density at radius 2 is 1.86 bits per heavy atom. The van der Waals surface area contributed by atoms with Gasteiger partial charge in [-0.15, -0.1) is 11.6 Å². The molecule has 3 rings (SSSR count). The number of rotatable bonds is 3. The number of carbonyl (C=O) groups is 1. The van der Waals surface area contributed by atoms with Crippen molar-refractivity contribution in [3.05, 3.63) is 70.0 Å². The number of carbonyl (C=O) groups excluding carboxylic acids is 1. The Bertz CT molecular complexity index is 751. The van der Waals surface area contributed by atoms with Gasteiger partial charge >= 0.3 is 0 Å². The SMILES string of the molecule is O=C1[C@@H](Cl)[C@H](c2ccc(F)cc2)N1c1cccc([N+](=O)[O-])c1. The summed E-state index contributed by atoms with van der Waals surface area (Å²) in [6.45, 7) is 0. The summed E-state index contributed by atoms with van der Waals surface area (Å²) in [5.74, 6) is -0.723. The molecule has 1 aliphatic heterocycles. The van der Waals surface area contributed by atoms with Crippen LogP contribution in [0, 0.1) is 15.9 Å². The van der Waals surface area contributed by atoms with Crippen LogP contribution in [0.15, 0.2) is 48.5 Å². The van der Waals surface area contributed by atoms with Gasteiger partial charge in [-0.1, -0.05) is 18.2 Å². The van der Waals surface area contributed by atoms with Crippen LogP contribution < -0.4 is 4.90 Å². The molecule has 1 heterocycles. The average Bonchev–Trinajstić information content (AvgIpc) is 2.53. The van der Waals surface area contributed by atoms with Gasteiger partial charge in [0, 0.05) is 12.1 Å². The lowest BCUT2D eigenvalue weighted by molar-refractivity contribution is -0.384. The van der Waals surface area contributed by atoms with Crippen LogP contribution in [0.4, 0.5) is 15.8 Å². The maximum Gasteiger partial charge on any atom is 0.271 e. The Hall–Kier alpha value is -2.47. The van der Waals surface area contributed by atoms with Crippen LogP contribution in [0.5, 0.6) is 0 Å². The van der Waals surface area contributed by atoms with Crippen molar-refractivity contribution in [3.63, 3.8) is 0 Å². The molecule has 7 heteroatoms. The van der Waals surface area contributed by atoms with E-state index in [-0.39, 0.29) is 17.4 Å². The van der Waals surface area contributed by atoms with Gasteiger partial charge in [-0.05, 0) is 23.8 Å². The highest BCUT2D eigenvalue weighted by Gasteiger charge is 2.48. The third-order valence-corrected chi connectivity index (χ3v) is 3.98. The topological polar surface area (TPSA) is 63.5 Å². The van der Waals surface area contributed by atoms with Crippen LogP contribution in [-0.4, -0.2) is 16.2 Å². The number of nitro groups is 1. The van der Waals surface area contributed by atoms with E-state index in [1.54, 1.807) is 18.2 Å². The summed E-state index contributed by atoms with van der Waals surface area (Å²) in [6, 6.07) is 11.0. The number of nitrogens with zero attached hydrogens (tertiary/aromatic N) is 2. The van der Waals surface area contributed by atoms with Crippen LogP contribution in [0.1, 0.15) is 11.6 Å². The fourth-order valence-electron chi connectivity index (χ4n) is 2.48. The van der Waals surface area contributed by atoms with E-state index in [1.807, 2.05) is 0 Å². The minimum Gasteiger partial charge on any atom is -0.301 e. The predicted molar refractivity (Wildman–Crippen MR) is 79.4 cm³/mol. The number of halogens is 2. The Morgan fingerprint density at radius 1 is 1.18 bits per heavy atom. The van der Waals surface area contributed by atoms with Crippen molar-refractivity contribution in [2.24, 2.45) is 0 Å². The molecule has 0 N–H and O–H groups in total. The van der Waals surface area contributed by atoms with Gasteiger partial charge in [0.15, 0.2) is 0 Å². The molecule has 1 amide bonds. The monoisotopic (exact) mass is 320 g/mol. The Morgan fingerprint density at radius 3 is 2.50 bits per heavy atom. The number of anilines is 1. The Kier molecular flexibility index (Phi) is 3.54. The van der Waals surface area contributed by atoms with Crippen molar-refractivity contribution in [2.75, 3.05) is 4.90 Å². The summed E-state index contributed by atoms with van der Waals surface area (Å²) in [5.41, 5.74) is 0.958. The number of hydrogen-bond donors (Lipinski definition) is 0. The molecule has 0 unspecified atom stereocenters. The molecule has 5 nitrogen and oxygen atoms in total. The number of β-lactam (4-membered cyclic amide) rings is 1. The van der Waals surface area contributed by atoms with Crippen LogP contribution >= 0.6 is 11.6 Å². The fraction of sp³-hybridized carbons (Fsp3) is 0.133. The third kappa shape index (κ3) is 2.31. The first-order valence-corrected chi connectivity index (χ1v) is 6.90. The number of hydrogen-bond acceptors (Lipinski definition) is 3. The third-order valence-electron chi connectivity index (χ3n) is 3.56. The van der Waals surface area contributed by atoms with Gasteiger partial charge < -0.3 is 4.90 Å². The van der Waals surface area contributed by atoms with Crippen LogP contribution in [0.25, 0.3) is 0 Å². The van der Waals surface area contributed by atoms with Crippen molar-refractivity contribution in [2.45, 2.75) is 11.4 Å². The van der Waals surface area contributed by atoms with Gasteiger partial charge in [-0.2, -0.15) is 0 Å². The van der Waals surface area contributed by atoms with E-state index in [4.69, 9.17) is 11.6 Å². The quantitative estimate of drug-likeness (QED) is 0.377. The molecule has 2 aromatic rings. The molecule has 0 spiro atoms. The first-order chi connectivity index (χ1) is 10.5. The molecule has 0 aromatic heterocycles. The lowest BCUT2D eigenvalue weighted by Crippen LogP contribution is -2.56. The molecular formula is C15H10ClFN2O3. The molecule has 0 aliphatic carbocycles. The van der Waals surface area contributed by atoms with Crippen molar-refractivity contribution in [1.82, 2.24) is 0 Å². The molecular weight excluding hydrogens is 311 g/mol. The van der Waals surface area contributed by atoms with E-state index in [9.17, 15) is 19.3 Å². The van der Waals surface area contributed by atoms with Crippen LogP contribution in [0.3, 0.4) is 0 Å². The van der Waals surface area contributed by atoms with Crippen molar-refractivity contribution in [3.8, 4) is 0 Å². The number of nitro benzene ring substituents is 1. The number of amides is 1. The zero-order valence-corrected chi connectivity index (χ0v) is 11.9. The minimum atomic E-state index is -0.773. The molecule has 112 valence electrons. The molecule has 0 bridgehead atoms. The molecule has 2 aromatic carbocycles. The summed E-state index contributed by atoms with van der Waals surface area (Å²) >= 11 is 6.07. The summed E-state index contributed by atoms with van der Waals surface area (Å²) < 4.78 is 13.0. The highest BCUT2D eigenvalue weighted by atomic mass is 35.5. The summed E-state index contributed by atoms with van der Waals surface area (Å²) in [6.07, 6.45) is 0. The van der Waals surface area contributed by atoms with Crippen molar-refractivity contribution >= 4 is 28.9 Å². The van der Waals surface area contributed by atoms with E-state index in [2.05, 4.69) is 0 Å². The van der Waals surface area contributed by atoms with Gasteiger partial charge in [0.2, 0.25) is 5.91 Å². The zero-order valence-electron chi connectivity index (χ0n) is 11.1. The van der Waals surface area contributed by atoms with Gasteiger partial charge in [-0.3, -0.25) is 14.9 Å². The molecule has 22 heavy (non-hydrogen) atoms. The normalized spacial score (nSPS) is 20.6. The summed E-state index contributed by atoms with van der Waals surface area (Å²) in [7, 11) is 0. The van der Waals surface area contributed by atoms with E-state index >= 15 is 0 Å². The first kappa shape index (κ1) is 14.5. The first-order valence-electron chi connectivity index (χ1n) is 6.46. The largest absolute Gasteiger partial charge is 0.301 e. The fourth-order valence-corrected chi connectivity index (χ4v) is 2.84. The van der Waals surface area contributed by atoms with E-state index in [0.717, 1.165) is 0 Å². The second kappa shape index (κ2) is 5.38. The van der Waals surface area contributed by atoms with Gasteiger partial charge in [0.25, 0.3) is 5.69 Å². The molecule has 2 atom stereocenters. The smallest absolute Gasteiger partial charge is 0.271 e. The predicted octanol–water partition coefficient (Wildman–Crippen LogP) is 3.43. The lowest BCUT2D eigenvalue weighted by atomic mass is 9.92. The van der Waals surface area contributed by atoms with E-state index in [1.165, 1.54) is 35.2 Å². The number of benzene rings is 2. The van der Waals surface area contributed by atoms with Gasteiger partial charge in [0.1, 0.15) is 11.2 Å². The number of alkyl halides is 1. The van der Waals surface area contributed by atoms with E-state index < -0.39 is 16.3 Å². The minimum absolute atomic E-state index is 0.110. The summed E-state index contributed by atoms with van der Waals surface area (Å²) in [5, 5.41) is 10.1. The second-order valence-corrected chi connectivity index (χ2v) is 5.35. The Balaban J connectivity index is 1.98. The van der Waals surface area contributed by atoms with Gasteiger partial charge in [0.05, 0.1) is 16.7 Å².